The average molecular weight is 322 g/mol. The third-order valence-electron chi connectivity index (χ3n) is 5.08. The largest absolute Gasteiger partial charge is 0.346 e. The molecule has 126 valence electrons. The molecule has 0 saturated carbocycles. The maximum Gasteiger partial charge on any atom is 0.108 e. The van der Waals surface area contributed by atoms with Crippen molar-refractivity contribution < 1.29 is 0 Å². The molecule has 0 atom stereocenters. The van der Waals surface area contributed by atoms with Crippen LogP contribution in [-0.2, 0) is 25.9 Å². The summed E-state index contributed by atoms with van der Waals surface area (Å²) in [5.41, 5.74) is 6.95. The second-order valence-electron chi connectivity index (χ2n) is 7.22. The van der Waals surface area contributed by atoms with Crippen molar-refractivity contribution in [1.29, 1.82) is 0 Å². The Kier molecular flexibility index (Phi) is 3.93. The molecule has 2 aromatic heterocycles. The summed E-state index contributed by atoms with van der Waals surface area (Å²) in [6.07, 6.45) is 4.11. The summed E-state index contributed by atoms with van der Waals surface area (Å²) in [5.74, 6) is 1.54. The van der Waals surface area contributed by atoms with Gasteiger partial charge in [0.25, 0.3) is 0 Å². The molecular formula is C20H26N4. The van der Waals surface area contributed by atoms with Crippen LogP contribution in [-0.4, -0.2) is 21.1 Å². The number of H-pyrrole nitrogens is 1. The first kappa shape index (κ1) is 15.5. The van der Waals surface area contributed by atoms with Gasteiger partial charge in [-0.25, -0.2) is 4.98 Å². The van der Waals surface area contributed by atoms with E-state index in [2.05, 4.69) is 58.8 Å². The topological polar surface area (TPSA) is 45.6 Å². The highest BCUT2D eigenvalue weighted by molar-refractivity contribution is 5.86. The molecule has 0 bridgehead atoms. The number of nitrogens with zero attached hydrogens (tertiary/aromatic N) is 2. The summed E-state index contributed by atoms with van der Waals surface area (Å²) in [6, 6.07) is 6.85. The first-order valence-electron chi connectivity index (χ1n) is 8.98. The van der Waals surface area contributed by atoms with Gasteiger partial charge in [-0.2, -0.15) is 0 Å². The molecule has 4 nitrogen and oxygen atoms in total. The number of aryl methyl sites for hydroxylation is 3. The van der Waals surface area contributed by atoms with Gasteiger partial charge in [-0.3, -0.25) is 0 Å². The standard InChI is InChI=1S/C20H26N4/c1-13(2)20-22-11-15(23-20)7-9-24-18-5-4-14(3)10-16(18)17-12-21-8-6-19(17)24/h4-5,10-11,13,21H,6-9,12H2,1-3H3,(H,22,23). The lowest BCUT2D eigenvalue weighted by Gasteiger charge is -2.17. The van der Waals surface area contributed by atoms with Crippen molar-refractivity contribution >= 4 is 10.9 Å². The number of aromatic nitrogens is 3. The quantitative estimate of drug-likeness (QED) is 0.769. The molecule has 2 N–H and O–H groups in total. The highest BCUT2D eigenvalue weighted by atomic mass is 15.0. The summed E-state index contributed by atoms with van der Waals surface area (Å²) >= 11 is 0. The molecule has 0 unspecified atom stereocenters. The number of benzene rings is 1. The van der Waals surface area contributed by atoms with Crippen LogP contribution in [0.1, 0.15) is 48.1 Å². The average Bonchev–Trinajstić information content (AvgIpc) is 3.16. The molecule has 0 saturated heterocycles. The minimum absolute atomic E-state index is 0.452. The van der Waals surface area contributed by atoms with Crippen molar-refractivity contribution in [2.75, 3.05) is 6.54 Å². The van der Waals surface area contributed by atoms with Crippen LogP contribution in [0.3, 0.4) is 0 Å². The highest BCUT2D eigenvalue weighted by Crippen LogP contribution is 2.29. The Morgan fingerprint density at radius 2 is 2.17 bits per heavy atom. The van der Waals surface area contributed by atoms with Crippen molar-refractivity contribution in [2.24, 2.45) is 0 Å². The van der Waals surface area contributed by atoms with Crippen LogP contribution in [0.15, 0.2) is 24.4 Å². The number of nitrogens with one attached hydrogen (secondary N) is 2. The van der Waals surface area contributed by atoms with Gasteiger partial charge in [0.1, 0.15) is 5.82 Å². The van der Waals surface area contributed by atoms with Crippen molar-refractivity contribution in [3.05, 3.63) is 52.7 Å². The van der Waals surface area contributed by atoms with Crippen LogP contribution < -0.4 is 5.32 Å². The fraction of sp³-hybridized carbons (Fsp3) is 0.450. The summed E-state index contributed by atoms with van der Waals surface area (Å²) in [7, 11) is 0. The van der Waals surface area contributed by atoms with Gasteiger partial charge < -0.3 is 14.9 Å². The molecule has 1 aliphatic rings. The second-order valence-corrected chi connectivity index (χ2v) is 7.22. The maximum atomic E-state index is 4.50. The highest BCUT2D eigenvalue weighted by Gasteiger charge is 2.19. The molecule has 0 amide bonds. The Labute approximate surface area is 143 Å². The van der Waals surface area contributed by atoms with Crippen molar-refractivity contribution in [3.8, 4) is 0 Å². The molecule has 0 aliphatic carbocycles. The normalized spacial score (nSPS) is 14.5. The predicted molar refractivity (Wildman–Crippen MR) is 98.5 cm³/mol. The van der Waals surface area contributed by atoms with Gasteiger partial charge in [-0.15, -0.1) is 0 Å². The van der Waals surface area contributed by atoms with Crippen LogP contribution in [0, 0.1) is 6.92 Å². The van der Waals surface area contributed by atoms with E-state index in [9.17, 15) is 0 Å². The van der Waals surface area contributed by atoms with Gasteiger partial charge in [-0.1, -0.05) is 25.5 Å². The zero-order valence-corrected chi connectivity index (χ0v) is 14.8. The summed E-state index contributed by atoms with van der Waals surface area (Å²) < 4.78 is 2.53. The van der Waals surface area contributed by atoms with E-state index in [0.717, 1.165) is 38.3 Å². The van der Waals surface area contributed by atoms with Crippen LogP contribution >= 0.6 is 0 Å². The van der Waals surface area contributed by atoms with E-state index in [1.54, 1.807) is 0 Å². The summed E-state index contributed by atoms with van der Waals surface area (Å²) in [6.45, 7) is 9.60. The lowest BCUT2D eigenvalue weighted by molar-refractivity contribution is 0.592. The van der Waals surface area contributed by atoms with Crippen LogP contribution in [0.5, 0.6) is 0 Å². The first-order valence-corrected chi connectivity index (χ1v) is 8.98. The third-order valence-corrected chi connectivity index (χ3v) is 5.08. The minimum atomic E-state index is 0.452. The van der Waals surface area contributed by atoms with Crippen LogP contribution in [0.25, 0.3) is 10.9 Å². The van der Waals surface area contributed by atoms with E-state index in [1.165, 1.54) is 33.4 Å². The van der Waals surface area contributed by atoms with Gasteiger partial charge in [0.05, 0.1) is 0 Å². The Hall–Kier alpha value is -2.07. The van der Waals surface area contributed by atoms with Crippen molar-refractivity contribution in [2.45, 2.75) is 52.6 Å². The number of hydrogen-bond donors (Lipinski definition) is 2. The molecule has 24 heavy (non-hydrogen) atoms. The fourth-order valence-electron chi connectivity index (χ4n) is 3.78. The Morgan fingerprint density at radius 1 is 1.29 bits per heavy atom. The van der Waals surface area contributed by atoms with E-state index < -0.39 is 0 Å². The monoisotopic (exact) mass is 322 g/mol. The lowest BCUT2D eigenvalue weighted by Crippen LogP contribution is -2.24. The van der Waals surface area contributed by atoms with Gasteiger partial charge in [0.15, 0.2) is 0 Å². The SMILES string of the molecule is Cc1ccc2c(c1)c1c(n2CCc2cnc(C(C)C)[nH]2)CCNC1. The number of imidazole rings is 1. The summed E-state index contributed by atoms with van der Waals surface area (Å²) in [5, 5.41) is 4.95. The molecule has 0 fully saturated rings. The zero-order valence-electron chi connectivity index (χ0n) is 14.8. The predicted octanol–water partition coefficient (Wildman–Crippen LogP) is 3.68. The molecule has 4 heteroatoms. The van der Waals surface area contributed by atoms with Gasteiger partial charge >= 0.3 is 0 Å². The van der Waals surface area contributed by atoms with E-state index in [1.807, 2.05) is 6.20 Å². The third kappa shape index (κ3) is 2.65. The molecule has 1 aromatic carbocycles. The Morgan fingerprint density at radius 3 is 2.96 bits per heavy atom. The molecule has 0 spiro atoms. The minimum Gasteiger partial charge on any atom is -0.346 e. The Balaban J connectivity index is 1.68. The number of hydrogen-bond acceptors (Lipinski definition) is 2. The zero-order chi connectivity index (χ0) is 16.7. The van der Waals surface area contributed by atoms with Gasteiger partial charge in [0, 0.05) is 66.9 Å². The molecular weight excluding hydrogens is 296 g/mol. The van der Waals surface area contributed by atoms with Crippen LogP contribution in [0.4, 0.5) is 0 Å². The van der Waals surface area contributed by atoms with E-state index in [-0.39, 0.29) is 0 Å². The fourth-order valence-corrected chi connectivity index (χ4v) is 3.78. The molecule has 1 aliphatic heterocycles. The van der Waals surface area contributed by atoms with Gasteiger partial charge in [0.2, 0.25) is 0 Å². The summed E-state index contributed by atoms with van der Waals surface area (Å²) in [4.78, 5) is 7.98. The molecule has 4 rings (SSSR count). The molecule has 3 heterocycles. The first-order chi connectivity index (χ1) is 11.6. The number of rotatable bonds is 4. The molecule has 3 aromatic rings. The van der Waals surface area contributed by atoms with Gasteiger partial charge in [-0.05, 0) is 24.6 Å². The van der Waals surface area contributed by atoms with E-state index in [4.69, 9.17) is 0 Å². The smallest absolute Gasteiger partial charge is 0.108 e. The Bertz CT molecular complexity index is 869. The van der Waals surface area contributed by atoms with E-state index >= 15 is 0 Å². The van der Waals surface area contributed by atoms with Crippen LogP contribution in [0.2, 0.25) is 0 Å². The second kappa shape index (κ2) is 6.10. The van der Waals surface area contributed by atoms with Crippen molar-refractivity contribution in [1.82, 2.24) is 19.9 Å². The number of fused-ring (bicyclic) bond motifs is 3. The molecule has 0 radical (unpaired) electrons. The van der Waals surface area contributed by atoms with E-state index in [0.29, 0.717) is 5.92 Å². The maximum absolute atomic E-state index is 4.50. The van der Waals surface area contributed by atoms with Crippen molar-refractivity contribution in [3.63, 3.8) is 0 Å². The lowest BCUT2D eigenvalue weighted by atomic mass is 10.0. The number of aromatic amines is 1.